The van der Waals surface area contributed by atoms with E-state index in [0.29, 0.717) is 108 Å². The third-order valence-corrected chi connectivity index (χ3v) is 13.3. The number of carbonyl (C=O) groups is 3. The van der Waals surface area contributed by atoms with Crippen molar-refractivity contribution >= 4 is 34.5 Å². The normalized spacial score (nSPS) is 19.1. The molecular weight excluding hydrogens is 827 g/mol. The number of methoxy groups -OCH3 is 1. The molecule has 2 N–H and O–H groups in total. The number of piperidine rings is 1. The van der Waals surface area contributed by atoms with Gasteiger partial charge in [0.2, 0.25) is 18.6 Å². The maximum absolute atomic E-state index is 14.7. The maximum atomic E-state index is 14.7. The molecular formula is C50H55N7O8. The first kappa shape index (κ1) is 42.3. The smallest absolute Gasteiger partial charge is 0.255 e. The van der Waals surface area contributed by atoms with Crippen molar-refractivity contribution in [3.05, 3.63) is 88.9 Å². The first-order valence-electron chi connectivity index (χ1n) is 22.6. The van der Waals surface area contributed by atoms with Crippen LogP contribution in [0.2, 0.25) is 0 Å². The van der Waals surface area contributed by atoms with Crippen LogP contribution in [0, 0.1) is 18.3 Å². The summed E-state index contributed by atoms with van der Waals surface area (Å²) in [5.74, 6) is 2.96. The lowest BCUT2D eigenvalue weighted by molar-refractivity contribution is -0.145. The van der Waals surface area contributed by atoms with Crippen LogP contribution in [0.3, 0.4) is 0 Å². The van der Waals surface area contributed by atoms with E-state index in [-0.39, 0.29) is 31.1 Å². The third-order valence-electron chi connectivity index (χ3n) is 13.3. The van der Waals surface area contributed by atoms with Gasteiger partial charge in [0.15, 0.2) is 23.0 Å². The number of rotatable bonds is 12. The summed E-state index contributed by atoms with van der Waals surface area (Å²) < 4.78 is 30.0. The fraction of sp³-hybridized carbons (Fsp3) is 0.440. The van der Waals surface area contributed by atoms with Crippen molar-refractivity contribution in [3.63, 3.8) is 0 Å². The molecule has 0 bridgehead atoms. The van der Waals surface area contributed by atoms with E-state index in [0.717, 1.165) is 41.0 Å². The number of fused-ring (bicyclic) bond motifs is 3. The number of likely N-dealkylation sites (tertiary alicyclic amines) is 1. The minimum Gasteiger partial charge on any atom is -0.493 e. The average molecular weight is 882 g/mol. The van der Waals surface area contributed by atoms with Gasteiger partial charge in [-0.2, -0.15) is 5.10 Å². The molecule has 15 heteroatoms. The monoisotopic (exact) mass is 881 g/mol. The van der Waals surface area contributed by atoms with Gasteiger partial charge in [0.05, 0.1) is 47.5 Å². The second kappa shape index (κ2) is 16.4. The number of benzene rings is 3. The van der Waals surface area contributed by atoms with Crippen molar-refractivity contribution in [3.8, 4) is 40.0 Å². The van der Waals surface area contributed by atoms with Crippen LogP contribution in [0.1, 0.15) is 92.5 Å². The number of nitrogens with zero attached hydrogens (tertiary/aromatic N) is 5. The molecule has 1 atom stereocenters. The van der Waals surface area contributed by atoms with E-state index in [2.05, 4.69) is 34.1 Å². The molecule has 5 aromatic rings. The fourth-order valence-corrected chi connectivity index (χ4v) is 9.69. The number of ether oxygens (including phenoxy) is 5. The molecule has 6 heterocycles. The third kappa shape index (κ3) is 7.99. The van der Waals surface area contributed by atoms with Crippen molar-refractivity contribution in [1.29, 1.82) is 0 Å². The molecule has 1 saturated heterocycles. The maximum Gasteiger partial charge on any atom is 0.255 e. The lowest BCUT2D eigenvalue weighted by atomic mass is 9.80. The van der Waals surface area contributed by atoms with Gasteiger partial charge in [-0.05, 0) is 82.2 Å². The van der Waals surface area contributed by atoms with Crippen LogP contribution in [0.25, 0.3) is 22.3 Å². The molecule has 4 aliphatic heterocycles. The van der Waals surface area contributed by atoms with Crippen LogP contribution in [0.15, 0.2) is 66.0 Å². The van der Waals surface area contributed by atoms with Crippen LogP contribution in [-0.4, -0.2) is 99.6 Å². The van der Waals surface area contributed by atoms with Crippen LogP contribution < -0.4 is 29.0 Å². The molecule has 10 rings (SSSR count). The Labute approximate surface area is 377 Å². The number of carbonyl (C=O) groups excluding carboxylic acids is 3. The van der Waals surface area contributed by atoms with E-state index < -0.39 is 23.0 Å². The Hall–Kier alpha value is -6.64. The highest BCUT2D eigenvalue weighted by atomic mass is 16.7. The Kier molecular flexibility index (Phi) is 10.7. The molecule has 3 amide bonds. The van der Waals surface area contributed by atoms with E-state index in [1.807, 2.05) is 75.4 Å². The van der Waals surface area contributed by atoms with Crippen LogP contribution in [0.4, 0.5) is 0 Å². The number of amides is 3. The first-order chi connectivity index (χ1) is 31.3. The van der Waals surface area contributed by atoms with Gasteiger partial charge in [-0.25, -0.2) is 15.0 Å². The first-order valence-corrected chi connectivity index (χ1v) is 22.6. The van der Waals surface area contributed by atoms with Gasteiger partial charge in [-0.1, -0.05) is 44.2 Å². The highest BCUT2D eigenvalue weighted by Crippen LogP contribution is 2.49. The Bertz CT molecular complexity index is 2730. The molecule has 0 spiro atoms. The largest absolute Gasteiger partial charge is 0.493 e. The number of aromatic nitrogens is 3. The van der Waals surface area contributed by atoms with E-state index in [1.165, 1.54) is 6.33 Å². The SMILES string of the molecule is COc1ccc(C2=NN(C3CCN(C(=O)[C@@H](Cc4ccccc4)NC(=O)c4c(C)[nH]c5c(-c6c(OCC7CC7)ccc7c6OCO7)ncnc45)CC3)C(=O)C(C)(C)C2)c2c1OC(C)(C)C2. The van der Waals surface area contributed by atoms with Crippen LogP contribution in [-0.2, 0) is 22.4 Å². The van der Waals surface area contributed by atoms with Gasteiger partial charge in [0.25, 0.3) is 5.91 Å². The lowest BCUT2D eigenvalue weighted by Crippen LogP contribution is -2.55. The highest BCUT2D eigenvalue weighted by Gasteiger charge is 2.44. The summed E-state index contributed by atoms with van der Waals surface area (Å²) in [6.45, 7) is 11.3. The van der Waals surface area contributed by atoms with Crippen molar-refractivity contribution in [2.24, 2.45) is 16.4 Å². The summed E-state index contributed by atoms with van der Waals surface area (Å²) in [5.41, 5.74) is 5.62. The second-order valence-electron chi connectivity index (χ2n) is 19.2. The minimum atomic E-state index is -0.888. The zero-order valence-electron chi connectivity index (χ0n) is 37.8. The number of aryl methyl sites for hydroxylation is 1. The Morgan fingerprint density at radius 3 is 2.46 bits per heavy atom. The molecule has 2 fully saturated rings. The van der Waals surface area contributed by atoms with Gasteiger partial charge < -0.3 is 38.9 Å². The molecule has 0 unspecified atom stereocenters. The average Bonchev–Trinajstić information content (AvgIpc) is 3.72. The van der Waals surface area contributed by atoms with Gasteiger partial charge in [0.1, 0.15) is 34.9 Å². The summed E-state index contributed by atoms with van der Waals surface area (Å²) in [5, 5.41) is 9.85. The molecule has 0 radical (unpaired) electrons. The van der Waals surface area contributed by atoms with E-state index in [1.54, 1.807) is 17.0 Å². The summed E-state index contributed by atoms with van der Waals surface area (Å²) in [6.07, 6.45) is 6.20. The topological polar surface area (TPSA) is 170 Å². The molecule has 338 valence electrons. The standard InChI is InChI=1S/C50H55N7O8/c1-28-39(41-43(53-28)42(52-26-51-41)40-36(62-25-30-12-13-30)16-17-38-45(40)64-27-63-38)46(58)54-34(22-29-10-8-7-9-11-29)47(59)56-20-18-31(19-21-56)57-48(60)49(2,3)24-35(55-57)32-14-15-37(61-6)44-33(32)23-50(4,5)65-44/h7-11,14-17,26,30-31,34,53H,12-13,18-25,27H2,1-6H3,(H,54,58)/t34-/m1/s1. The van der Waals surface area contributed by atoms with Crippen molar-refractivity contribution in [1.82, 2.24) is 30.2 Å². The molecule has 2 aromatic heterocycles. The number of nitrogens with one attached hydrogen (secondary N) is 2. The second-order valence-corrected chi connectivity index (χ2v) is 19.2. The summed E-state index contributed by atoms with van der Waals surface area (Å²) in [4.78, 5) is 57.8. The molecule has 3 aromatic carbocycles. The zero-order valence-corrected chi connectivity index (χ0v) is 37.8. The number of aromatic amines is 1. The van der Waals surface area contributed by atoms with Gasteiger partial charge in [0, 0.05) is 49.2 Å². The fourth-order valence-electron chi connectivity index (χ4n) is 9.69. The number of hydrazone groups is 1. The number of H-pyrrole nitrogens is 1. The summed E-state index contributed by atoms with van der Waals surface area (Å²) in [6, 6.07) is 16.2. The van der Waals surface area contributed by atoms with Crippen LogP contribution >= 0.6 is 0 Å². The van der Waals surface area contributed by atoms with Crippen molar-refractivity contribution < 1.29 is 38.1 Å². The van der Waals surface area contributed by atoms with Crippen molar-refractivity contribution in [2.75, 3.05) is 33.6 Å². The predicted molar refractivity (Wildman–Crippen MR) is 243 cm³/mol. The summed E-state index contributed by atoms with van der Waals surface area (Å²) in [7, 11) is 1.64. The predicted octanol–water partition coefficient (Wildman–Crippen LogP) is 7.17. The quantitative estimate of drug-likeness (QED) is 0.131. The van der Waals surface area contributed by atoms with Gasteiger partial charge >= 0.3 is 0 Å². The zero-order chi connectivity index (χ0) is 45.2. The lowest BCUT2D eigenvalue weighted by Gasteiger charge is -2.42. The van der Waals surface area contributed by atoms with Gasteiger partial charge in [-0.15, -0.1) is 0 Å². The Morgan fingerprint density at radius 2 is 1.71 bits per heavy atom. The van der Waals surface area contributed by atoms with Crippen LogP contribution in [0.5, 0.6) is 28.7 Å². The number of hydrogen-bond acceptors (Lipinski definition) is 11. The summed E-state index contributed by atoms with van der Waals surface area (Å²) >= 11 is 0. The molecule has 1 aliphatic carbocycles. The molecule has 15 nitrogen and oxygen atoms in total. The Morgan fingerprint density at radius 1 is 0.938 bits per heavy atom. The van der Waals surface area contributed by atoms with Crippen molar-refractivity contribution in [2.45, 2.75) is 97.2 Å². The Balaban J connectivity index is 0.900. The molecule has 65 heavy (non-hydrogen) atoms. The molecule has 1 saturated carbocycles. The van der Waals surface area contributed by atoms with E-state index >= 15 is 0 Å². The van der Waals surface area contributed by atoms with E-state index in [9.17, 15) is 14.4 Å². The highest BCUT2D eigenvalue weighted by molar-refractivity contribution is 6.11. The number of hydrogen-bond donors (Lipinski definition) is 2. The minimum absolute atomic E-state index is 0.0393. The molecule has 5 aliphatic rings. The van der Waals surface area contributed by atoms with E-state index in [4.69, 9.17) is 28.8 Å². The van der Waals surface area contributed by atoms with Gasteiger partial charge in [-0.3, -0.25) is 14.4 Å².